The molecular weight excluding hydrogens is 332 g/mol. The van der Waals surface area contributed by atoms with Crippen molar-refractivity contribution in [3.8, 4) is 5.75 Å². The lowest BCUT2D eigenvalue weighted by Gasteiger charge is -2.17. The largest absolute Gasteiger partial charge is 0.492 e. The van der Waals surface area contributed by atoms with Crippen LogP contribution < -0.4 is 4.74 Å². The summed E-state index contributed by atoms with van der Waals surface area (Å²) in [5, 5.41) is 0. The molecule has 21 heavy (non-hydrogen) atoms. The zero-order chi connectivity index (χ0) is 15.2. The van der Waals surface area contributed by atoms with E-state index in [0.29, 0.717) is 18.8 Å². The summed E-state index contributed by atoms with van der Waals surface area (Å²) in [6.07, 6.45) is 1.61. The van der Waals surface area contributed by atoms with Gasteiger partial charge in [-0.2, -0.15) is 0 Å². The van der Waals surface area contributed by atoms with Crippen molar-refractivity contribution in [2.45, 2.75) is 6.92 Å². The number of likely N-dealkylation sites (N-methyl/N-ethyl adjacent to an activating group) is 1. The number of carbonyl (C=O) groups is 1. The van der Waals surface area contributed by atoms with Gasteiger partial charge in [0.1, 0.15) is 18.1 Å². The molecule has 1 aromatic heterocycles. The average molecular weight is 349 g/mol. The number of carbonyl (C=O) groups excluding carboxylic acids is 1. The number of benzene rings is 1. The Morgan fingerprint density at radius 1 is 1.24 bits per heavy atom. The lowest BCUT2D eigenvalue weighted by atomic mass is 10.2. The van der Waals surface area contributed by atoms with Crippen LogP contribution in [0.4, 0.5) is 0 Å². The van der Waals surface area contributed by atoms with Gasteiger partial charge in [0, 0.05) is 17.7 Å². The molecule has 0 radical (unpaired) electrons. The molecule has 1 amide bonds. The van der Waals surface area contributed by atoms with E-state index in [9.17, 15) is 4.79 Å². The van der Waals surface area contributed by atoms with Gasteiger partial charge in [0.15, 0.2) is 0 Å². The van der Waals surface area contributed by atoms with Crippen molar-refractivity contribution in [2.75, 3.05) is 20.2 Å². The molecule has 0 bridgehead atoms. The lowest BCUT2D eigenvalue weighted by molar-refractivity contribution is 0.0768. The fourth-order valence-electron chi connectivity index (χ4n) is 1.73. The molecule has 0 fully saturated rings. The zero-order valence-corrected chi connectivity index (χ0v) is 13.6. The SMILES string of the molecule is Cc1ccc(OCCN(C)C(=O)c2ccc(Br)cn2)cc1. The summed E-state index contributed by atoms with van der Waals surface area (Å²) < 4.78 is 6.47. The van der Waals surface area contributed by atoms with Gasteiger partial charge in [-0.3, -0.25) is 4.79 Å². The highest BCUT2D eigenvalue weighted by Crippen LogP contribution is 2.12. The van der Waals surface area contributed by atoms with Crippen molar-refractivity contribution in [1.82, 2.24) is 9.88 Å². The van der Waals surface area contributed by atoms with E-state index in [1.54, 1.807) is 30.3 Å². The van der Waals surface area contributed by atoms with Gasteiger partial charge in [0.2, 0.25) is 0 Å². The minimum absolute atomic E-state index is 0.116. The number of ether oxygens (including phenoxy) is 1. The maximum absolute atomic E-state index is 12.1. The van der Waals surface area contributed by atoms with Crippen molar-refractivity contribution in [3.63, 3.8) is 0 Å². The third kappa shape index (κ3) is 4.56. The van der Waals surface area contributed by atoms with Gasteiger partial charge in [-0.25, -0.2) is 4.98 Å². The van der Waals surface area contributed by atoms with Crippen LogP contribution in [-0.2, 0) is 0 Å². The number of rotatable bonds is 5. The van der Waals surface area contributed by atoms with Crippen molar-refractivity contribution >= 4 is 21.8 Å². The highest BCUT2D eigenvalue weighted by molar-refractivity contribution is 9.10. The number of nitrogens with zero attached hydrogens (tertiary/aromatic N) is 2. The zero-order valence-electron chi connectivity index (χ0n) is 12.0. The molecule has 0 saturated heterocycles. The number of hydrogen-bond donors (Lipinski definition) is 0. The van der Waals surface area contributed by atoms with E-state index in [0.717, 1.165) is 10.2 Å². The van der Waals surface area contributed by atoms with Gasteiger partial charge in [-0.05, 0) is 47.1 Å². The van der Waals surface area contributed by atoms with E-state index < -0.39 is 0 Å². The topological polar surface area (TPSA) is 42.4 Å². The molecule has 0 aliphatic rings. The highest BCUT2D eigenvalue weighted by Gasteiger charge is 2.12. The second-order valence-electron chi connectivity index (χ2n) is 4.75. The minimum atomic E-state index is -0.116. The smallest absolute Gasteiger partial charge is 0.272 e. The molecule has 0 aliphatic carbocycles. The number of amides is 1. The van der Waals surface area contributed by atoms with Crippen molar-refractivity contribution in [2.24, 2.45) is 0 Å². The van der Waals surface area contributed by atoms with Crippen LogP contribution in [0, 0.1) is 6.92 Å². The summed E-state index contributed by atoms with van der Waals surface area (Å²) in [6, 6.07) is 11.3. The van der Waals surface area contributed by atoms with Gasteiger partial charge in [0.25, 0.3) is 5.91 Å². The molecular formula is C16H17BrN2O2. The normalized spacial score (nSPS) is 10.2. The molecule has 5 heteroatoms. The van der Waals surface area contributed by atoms with Crippen LogP contribution in [0.25, 0.3) is 0 Å². The molecule has 0 aliphatic heterocycles. The van der Waals surface area contributed by atoms with Gasteiger partial charge >= 0.3 is 0 Å². The summed E-state index contributed by atoms with van der Waals surface area (Å²) in [7, 11) is 1.74. The predicted molar refractivity (Wildman–Crippen MR) is 85.6 cm³/mol. The number of aromatic nitrogens is 1. The van der Waals surface area contributed by atoms with Crippen LogP contribution in [-0.4, -0.2) is 36.0 Å². The molecule has 4 nitrogen and oxygen atoms in total. The molecule has 0 N–H and O–H groups in total. The summed E-state index contributed by atoms with van der Waals surface area (Å²) in [6.45, 7) is 2.98. The lowest BCUT2D eigenvalue weighted by Crippen LogP contribution is -2.31. The van der Waals surface area contributed by atoms with E-state index in [1.807, 2.05) is 31.2 Å². The molecule has 0 unspecified atom stereocenters. The monoisotopic (exact) mass is 348 g/mol. The molecule has 1 heterocycles. The molecule has 0 saturated carbocycles. The Kier molecular flexibility index (Phi) is 5.33. The maximum atomic E-state index is 12.1. The number of aryl methyl sites for hydroxylation is 1. The molecule has 1 aromatic carbocycles. The number of halogens is 1. The Hall–Kier alpha value is -1.88. The van der Waals surface area contributed by atoms with Crippen LogP contribution >= 0.6 is 15.9 Å². The second-order valence-corrected chi connectivity index (χ2v) is 5.67. The predicted octanol–water partition coefficient (Wildman–Crippen LogP) is 3.30. The van der Waals surface area contributed by atoms with E-state index >= 15 is 0 Å². The Bertz CT molecular complexity index is 597. The summed E-state index contributed by atoms with van der Waals surface area (Å²) in [5.41, 5.74) is 1.62. The maximum Gasteiger partial charge on any atom is 0.272 e. The highest BCUT2D eigenvalue weighted by atomic mass is 79.9. The molecule has 110 valence electrons. The molecule has 0 atom stereocenters. The van der Waals surface area contributed by atoms with Gasteiger partial charge in [0.05, 0.1) is 6.54 Å². The first-order valence-corrected chi connectivity index (χ1v) is 7.42. The molecule has 2 aromatic rings. The second kappa shape index (κ2) is 7.22. The molecule has 0 spiro atoms. The van der Waals surface area contributed by atoms with E-state index in [1.165, 1.54) is 5.56 Å². The van der Waals surface area contributed by atoms with Crippen LogP contribution in [0.5, 0.6) is 5.75 Å². The van der Waals surface area contributed by atoms with Gasteiger partial charge in [-0.1, -0.05) is 17.7 Å². The standard InChI is InChI=1S/C16H17BrN2O2/c1-12-3-6-14(7-4-12)21-10-9-19(2)16(20)15-8-5-13(17)11-18-15/h3-8,11H,9-10H2,1-2H3. The van der Waals surface area contributed by atoms with Gasteiger partial charge < -0.3 is 9.64 Å². The van der Waals surface area contributed by atoms with E-state index in [4.69, 9.17) is 4.74 Å². The first-order valence-electron chi connectivity index (χ1n) is 6.63. The van der Waals surface area contributed by atoms with E-state index in [-0.39, 0.29) is 5.91 Å². The fourth-order valence-corrected chi connectivity index (χ4v) is 1.97. The average Bonchev–Trinajstić information content (AvgIpc) is 2.49. The van der Waals surface area contributed by atoms with Crippen LogP contribution in [0.2, 0.25) is 0 Å². The Balaban J connectivity index is 1.83. The minimum Gasteiger partial charge on any atom is -0.492 e. The van der Waals surface area contributed by atoms with Crippen LogP contribution in [0.3, 0.4) is 0 Å². The Morgan fingerprint density at radius 3 is 2.57 bits per heavy atom. The Labute approximate surface area is 132 Å². The van der Waals surface area contributed by atoms with Crippen LogP contribution in [0.15, 0.2) is 47.1 Å². The fraction of sp³-hybridized carbons (Fsp3) is 0.250. The summed E-state index contributed by atoms with van der Waals surface area (Å²) in [4.78, 5) is 17.8. The van der Waals surface area contributed by atoms with E-state index in [2.05, 4.69) is 20.9 Å². The molecule has 2 rings (SSSR count). The van der Waals surface area contributed by atoms with Crippen molar-refractivity contribution in [1.29, 1.82) is 0 Å². The first-order chi connectivity index (χ1) is 10.1. The summed E-state index contributed by atoms with van der Waals surface area (Å²) >= 11 is 3.30. The van der Waals surface area contributed by atoms with Crippen molar-refractivity contribution in [3.05, 3.63) is 58.3 Å². The summed E-state index contributed by atoms with van der Waals surface area (Å²) in [5.74, 6) is 0.693. The quantitative estimate of drug-likeness (QED) is 0.832. The number of hydrogen-bond acceptors (Lipinski definition) is 3. The third-order valence-corrected chi connectivity index (χ3v) is 3.48. The van der Waals surface area contributed by atoms with Gasteiger partial charge in [-0.15, -0.1) is 0 Å². The van der Waals surface area contributed by atoms with Crippen LogP contribution in [0.1, 0.15) is 16.1 Å². The number of pyridine rings is 1. The first kappa shape index (κ1) is 15.5. The third-order valence-electron chi connectivity index (χ3n) is 3.01. The van der Waals surface area contributed by atoms with Crippen molar-refractivity contribution < 1.29 is 9.53 Å². The Morgan fingerprint density at radius 2 is 1.95 bits per heavy atom.